The van der Waals surface area contributed by atoms with Crippen LogP contribution in [-0.2, 0) is 0 Å². The molecule has 1 saturated heterocycles. The molecule has 4 nitrogen and oxygen atoms in total. The molecule has 3 atom stereocenters. The predicted molar refractivity (Wildman–Crippen MR) is 108 cm³/mol. The number of fused-ring (bicyclic) bond motifs is 4. The highest BCUT2D eigenvalue weighted by Crippen LogP contribution is 2.52. The monoisotopic (exact) mass is 368 g/mol. The maximum absolute atomic E-state index is 6.65. The van der Waals surface area contributed by atoms with Gasteiger partial charge in [-0.25, -0.2) is 0 Å². The van der Waals surface area contributed by atoms with Gasteiger partial charge in [0.1, 0.15) is 0 Å². The molecule has 0 radical (unpaired) electrons. The van der Waals surface area contributed by atoms with Gasteiger partial charge in [-0.3, -0.25) is 4.90 Å². The third-order valence-electron chi connectivity index (χ3n) is 5.81. The minimum absolute atomic E-state index is 0.0897. The summed E-state index contributed by atoms with van der Waals surface area (Å²) in [6.07, 6.45) is 0. The summed E-state index contributed by atoms with van der Waals surface area (Å²) in [5.74, 6) is 1.74. The zero-order valence-corrected chi connectivity index (χ0v) is 16.6. The first-order chi connectivity index (χ1) is 12.4. The van der Waals surface area contributed by atoms with Crippen molar-refractivity contribution >= 4 is 23.0 Å². The molecule has 2 aliphatic rings. The lowest BCUT2D eigenvalue weighted by Gasteiger charge is -2.56. The smallest absolute Gasteiger partial charge is 0.191 e. The van der Waals surface area contributed by atoms with Crippen molar-refractivity contribution in [2.75, 3.05) is 12.0 Å². The molecule has 0 aromatic heterocycles. The zero-order chi connectivity index (χ0) is 18.6. The molecule has 2 aliphatic heterocycles. The van der Waals surface area contributed by atoms with Crippen LogP contribution < -0.4 is 19.7 Å². The summed E-state index contributed by atoms with van der Waals surface area (Å²) in [7, 11) is 1.68. The van der Waals surface area contributed by atoms with E-state index in [0.717, 1.165) is 22.7 Å². The predicted octanol–water partition coefficient (Wildman–Crippen LogP) is 4.49. The average Bonchev–Trinajstić information content (AvgIpc) is 2.60. The Morgan fingerprint density at radius 1 is 1.15 bits per heavy atom. The summed E-state index contributed by atoms with van der Waals surface area (Å²) in [4.78, 5) is 2.14. The Labute approximate surface area is 160 Å². The first-order valence-corrected chi connectivity index (χ1v) is 9.32. The summed E-state index contributed by atoms with van der Waals surface area (Å²) in [5, 5.41) is 4.25. The highest BCUT2D eigenvalue weighted by molar-refractivity contribution is 7.80. The second-order valence-electron chi connectivity index (χ2n) is 7.33. The summed E-state index contributed by atoms with van der Waals surface area (Å²) in [6.45, 7) is 8.56. The molecule has 5 heteroatoms. The number of nitrogens with one attached hydrogen (secondary N) is 1. The second kappa shape index (κ2) is 5.88. The average molecular weight is 369 g/mol. The van der Waals surface area contributed by atoms with E-state index in [4.69, 9.17) is 21.7 Å². The van der Waals surface area contributed by atoms with Crippen LogP contribution >= 0.6 is 12.2 Å². The standard InChI is InChI=1S/C21H24N2O2S/c1-12-8-6-9-13(2)18(12)23-20(26)22-17-14(3)21(23,4)25-19-15(17)10-7-11-16(19)24-5/h6-11,14,17H,1-5H3,(H,22,26)/t14-,17+,21-/m1/s1. The van der Waals surface area contributed by atoms with Gasteiger partial charge >= 0.3 is 0 Å². The molecule has 0 saturated carbocycles. The number of nitrogens with zero attached hydrogens (tertiary/aromatic N) is 1. The molecule has 1 fully saturated rings. The van der Waals surface area contributed by atoms with Gasteiger partial charge in [0.25, 0.3) is 0 Å². The summed E-state index contributed by atoms with van der Waals surface area (Å²) < 4.78 is 12.2. The Morgan fingerprint density at radius 2 is 1.81 bits per heavy atom. The highest BCUT2D eigenvalue weighted by atomic mass is 32.1. The van der Waals surface area contributed by atoms with Crippen LogP contribution in [0.25, 0.3) is 0 Å². The lowest BCUT2D eigenvalue weighted by atomic mass is 9.80. The van der Waals surface area contributed by atoms with Crippen LogP contribution in [0.15, 0.2) is 36.4 Å². The van der Waals surface area contributed by atoms with E-state index in [1.165, 1.54) is 11.1 Å². The molecule has 1 N–H and O–H groups in total. The number of ether oxygens (including phenoxy) is 2. The van der Waals surface area contributed by atoms with Crippen molar-refractivity contribution in [3.05, 3.63) is 53.1 Å². The molecular formula is C21H24N2O2S. The van der Waals surface area contributed by atoms with Gasteiger partial charge in [-0.1, -0.05) is 37.3 Å². The number of methoxy groups -OCH3 is 1. The fourth-order valence-corrected chi connectivity index (χ4v) is 4.66. The van der Waals surface area contributed by atoms with E-state index in [1.807, 2.05) is 12.1 Å². The number of para-hydroxylation sites is 2. The first kappa shape index (κ1) is 17.2. The van der Waals surface area contributed by atoms with E-state index in [1.54, 1.807) is 7.11 Å². The molecule has 0 aliphatic carbocycles. The largest absolute Gasteiger partial charge is 0.493 e. The van der Waals surface area contributed by atoms with E-state index < -0.39 is 5.72 Å². The van der Waals surface area contributed by atoms with E-state index in [-0.39, 0.29) is 12.0 Å². The van der Waals surface area contributed by atoms with Crippen LogP contribution in [0.1, 0.15) is 36.6 Å². The van der Waals surface area contributed by atoms with E-state index >= 15 is 0 Å². The van der Waals surface area contributed by atoms with Gasteiger partial charge in [-0.05, 0) is 50.2 Å². The molecule has 4 rings (SSSR count). The van der Waals surface area contributed by atoms with E-state index in [0.29, 0.717) is 5.11 Å². The van der Waals surface area contributed by atoms with Crippen LogP contribution in [-0.4, -0.2) is 17.9 Å². The Balaban J connectivity index is 1.92. The topological polar surface area (TPSA) is 33.7 Å². The Kier molecular flexibility index (Phi) is 3.88. The van der Waals surface area contributed by atoms with Gasteiger partial charge < -0.3 is 14.8 Å². The van der Waals surface area contributed by atoms with E-state index in [9.17, 15) is 0 Å². The van der Waals surface area contributed by atoms with Crippen LogP contribution in [0.5, 0.6) is 11.5 Å². The number of anilines is 1. The third kappa shape index (κ3) is 2.23. The molecule has 26 heavy (non-hydrogen) atoms. The summed E-state index contributed by atoms with van der Waals surface area (Å²) >= 11 is 5.80. The van der Waals surface area contributed by atoms with Gasteiger partial charge in [0.15, 0.2) is 22.3 Å². The zero-order valence-electron chi connectivity index (χ0n) is 15.8. The Hall–Kier alpha value is -2.27. The first-order valence-electron chi connectivity index (χ1n) is 8.91. The number of hydrogen-bond acceptors (Lipinski definition) is 3. The number of rotatable bonds is 2. The van der Waals surface area contributed by atoms with Crippen molar-refractivity contribution in [1.82, 2.24) is 5.32 Å². The number of aryl methyl sites for hydroxylation is 2. The van der Waals surface area contributed by atoms with Gasteiger partial charge in [-0.15, -0.1) is 0 Å². The van der Waals surface area contributed by atoms with Crippen molar-refractivity contribution < 1.29 is 9.47 Å². The van der Waals surface area contributed by atoms with Crippen molar-refractivity contribution in [2.45, 2.75) is 39.5 Å². The Bertz CT molecular complexity index is 877. The molecule has 2 aromatic carbocycles. The summed E-state index contributed by atoms with van der Waals surface area (Å²) in [5.41, 5.74) is 3.95. The normalized spacial score (nSPS) is 26.7. The fourth-order valence-electron chi connectivity index (χ4n) is 4.26. The SMILES string of the molecule is COc1cccc2c1O[C@]1(C)[C@H](C)[C@@H]2NC(=S)N1c1c(C)cccc1C. The lowest BCUT2D eigenvalue weighted by molar-refractivity contribution is -0.00561. The number of thiocarbonyl (C=S) groups is 1. The quantitative estimate of drug-likeness (QED) is 0.790. The van der Waals surface area contributed by atoms with Crippen molar-refractivity contribution in [3.63, 3.8) is 0 Å². The number of benzene rings is 2. The molecule has 136 valence electrons. The van der Waals surface area contributed by atoms with Crippen LogP contribution in [0.3, 0.4) is 0 Å². The fraction of sp³-hybridized carbons (Fsp3) is 0.381. The molecule has 2 bridgehead atoms. The van der Waals surface area contributed by atoms with Gasteiger partial charge in [0.2, 0.25) is 0 Å². The lowest BCUT2D eigenvalue weighted by Crippen LogP contribution is -2.69. The minimum Gasteiger partial charge on any atom is -0.493 e. The van der Waals surface area contributed by atoms with Crippen LogP contribution in [0.4, 0.5) is 5.69 Å². The van der Waals surface area contributed by atoms with Crippen LogP contribution in [0, 0.1) is 19.8 Å². The Morgan fingerprint density at radius 3 is 2.46 bits per heavy atom. The number of hydrogen-bond donors (Lipinski definition) is 1. The minimum atomic E-state index is -0.606. The third-order valence-corrected chi connectivity index (χ3v) is 6.11. The summed E-state index contributed by atoms with van der Waals surface area (Å²) in [6, 6.07) is 12.4. The van der Waals surface area contributed by atoms with Gasteiger partial charge in [-0.2, -0.15) is 0 Å². The highest BCUT2D eigenvalue weighted by Gasteiger charge is 2.54. The molecular weight excluding hydrogens is 344 g/mol. The van der Waals surface area contributed by atoms with Gasteiger partial charge in [0.05, 0.1) is 18.8 Å². The van der Waals surface area contributed by atoms with Crippen molar-refractivity contribution in [1.29, 1.82) is 0 Å². The molecule has 0 unspecified atom stereocenters. The maximum atomic E-state index is 6.65. The van der Waals surface area contributed by atoms with Crippen LogP contribution in [0.2, 0.25) is 0 Å². The molecule has 2 heterocycles. The molecule has 0 amide bonds. The second-order valence-corrected chi connectivity index (χ2v) is 7.71. The maximum Gasteiger partial charge on any atom is 0.191 e. The van der Waals surface area contributed by atoms with Crippen molar-refractivity contribution in [3.8, 4) is 11.5 Å². The molecule has 0 spiro atoms. The van der Waals surface area contributed by atoms with Crippen molar-refractivity contribution in [2.24, 2.45) is 5.92 Å². The molecule has 2 aromatic rings. The van der Waals surface area contributed by atoms with Gasteiger partial charge in [0, 0.05) is 11.5 Å². The van der Waals surface area contributed by atoms with E-state index in [2.05, 4.69) is 62.2 Å².